The Balaban J connectivity index is 0. The molecule has 0 aliphatic carbocycles. The van der Waals surface area contributed by atoms with E-state index < -0.39 is 9.05 Å². The van der Waals surface area contributed by atoms with Crippen LogP contribution < -0.4 is 0 Å². The first-order valence-corrected chi connectivity index (χ1v) is 8.25. The van der Waals surface area contributed by atoms with E-state index in [4.69, 9.17) is 18.6 Å². The second-order valence-electron chi connectivity index (χ2n) is 2.82. The van der Waals surface area contributed by atoms with Crippen LogP contribution in [0.3, 0.4) is 0 Å². The van der Waals surface area contributed by atoms with Crippen LogP contribution in [-0.2, 0) is 20.2 Å². The predicted octanol–water partition coefficient (Wildman–Crippen LogP) is 1.58. The Morgan fingerprint density at radius 1 is 1.64 bits per heavy atom. The van der Waals surface area contributed by atoms with Gasteiger partial charge in [0.15, 0.2) is 0 Å². The summed E-state index contributed by atoms with van der Waals surface area (Å²) in [4.78, 5) is 0. The molecule has 0 aliphatic heterocycles. The van der Waals surface area contributed by atoms with Crippen molar-refractivity contribution in [2.75, 3.05) is 0 Å². The second kappa shape index (κ2) is 10.3. The van der Waals surface area contributed by atoms with E-state index >= 15 is 0 Å². The van der Waals surface area contributed by atoms with Gasteiger partial charge >= 0.3 is 75.0 Å². The minimum atomic E-state index is -3.83. The molecule has 0 aromatic carbocycles. The third kappa shape index (κ3) is 23.0. The third-order valence-electron chi connectivity index (χ3n) is 1.58. The minimum absolute atomic E-state index is 0.332. The van der Waals surface area contributed by atoms with E-state index in [-0.39, 0.29) is 0 Å². The van der Waals surface area contributed by atoms with Crippen LogP contribution in [0.1, 0.15) is 26.2 Å². The Morgan fingerprint density at radius 3 is 2.29 bits per heavy atom. The Hall–Kier alpha value is 0.780. The first-order chi connectivity index (χ1) is 6.35. The van der Waals surface area contributed by atoms with Gasteiger partial charge in [0.25, 0.3) is 9.05 Å². The van der Waals surface area contributed by atoms with E-state index in [2.05, 4.69) is 24.2 Å². The Morgan fingerprint density at radius 2 is 2.07 bits per heavy atom. The number of hydrogen-bond donors (Lipinski definition) is 2. The van der Waals surface area contributed by atoms with Crippen molar-refractivity contribution in [3.8, 4) is 6.07 Å². The first kappa shape index (κ1) is 17.2. The molecule has 0 fully saturated rings. The molecule has 14 heavy (non-hydrogen) atoms. The molecule has 4 nitrogen and oxygen atoms in total. The van der Waals surface area contributed by atoms with Crippen LogP contribution in [0.15, 0.2) is 0 Å². The van der Waals surface area contributed by atoms with Gasteiger partial charge in [0.2, 0.25) is 0 Å². The van der Waals surface area contributed by atoms with Crippen molar-refractivity contribution in [2.45, 2.75) is 29.9 Å². The zero-order chi connectivity index (χ0) is 11.6. The van der Waals surface area contributed by atoms with E-state index in [1.807, 2.05) is 0 Å². The molecule has 0 aromatic rings. The Labute approximate surface area is 108 Å². The summed E-state index contributed by atoms with van der Waals surface area (Å²) in [6, 6.07) is 2.30. The van der Waals surface area contributed by atoms with Crippen LogP contribution in [0.2, 0.25) is 3.67 Å². The van der Waals surface area contributed by atoms with E-state index in [1.165, 1.54) is 38.0 Å². The third-order valence-corrected chi connectivity index (χ3v) is 2.29. The maximum Gasteiger partial charge on any atom is 0.263 e. The molecular formula is C7H14NNaO3S2. The molecule has 1 unspecified atom stereocenters. The van der Waals surface area contributed by atoms with Gasteiger partial charge in [-0.25, -0.2) is 0 Å². The van der Waals surface area contributed by atoms with E-state index in [9.17, 15) is 0 Å². The molecule has 0 radical (unpaired) electrons. The van der Waals surface area contributed by atoms with Gasteiger partial charge in [0, 0.05) is 11.2 Å². The molecule has 2 N–H and O–H groups in total. The summed E-state index contributed by atoms with van der Waals surface area (Å²) in [6.45, 7) is 2.08. The van der Waals surface area contributed by atoms with Gasteiger partial charge in [-0.15, -0.1) is 0 Å². The normalized spacial score (nSPS) is 12.3. The summed E-state index contributed by atoms with van der Waals surface area (Å²) >= 11 is 4.76. The molecule has 78 valence electrons. The summed E-state index contributed by atoms with van der Waals surface area (Å²) in [5, 5.41) is 8.51. The Bertz CT molecular complexity index is 253. The predicted molar refractivity (Wildman–Crippen MR) is 60.0 cm³/mol. The van der Waals surface area contributed by atoms with Crippen molar-refractivity contribution < 1.29 is 13.3 Å². The van der Waals surface area contributed by atoms with Crippen molar-refractivity contribution in [2.24, 2.45) is 5.92 Å². The monoisotopic (exact) mass is 247 g/mol. The van der Waals surface area contributed by atoms with Gasteiger partial charge in [-0.05, 0) is 0 Å². The molecule has 1 atom stereocenters. The van der Waals surface area contributed by atoms with Crippen molar-refractivity contribution >= 4 is 48.2 Å². The van der Waals surface area contributed by atoms with Crippen LogP contribution in [0.4, 0.5) is 0 Å². The number of nitriles is 1. The molecule has 0 spiro atoms. The van der Waals surface area contributed by atoms with Gasteiger partial charge < -0.3 is 0 Å². The van der Waals surface area contributed by atoms with Crippen molar-refractivity contribution in [3.05, 3.63) is 0 Å². The molecule has 0 amide bonds. The summed E-state index contributed by atoms with van der Waals surface area (Å²) in [5.74, 6) is 0.332. The SMILES string of the molecule is CCC(C#N)CC[CH2][Na].O=S(O)(O)=S. The molecule has 7 heteroatoms. The molecule has 0 aromatic heterocycles. The maximum absolute atomic E-state index is 9.11. The van der Waals surface area contributed by atoms with Crippen LogP contribution in [-0.4, -0.2) is 41.2 Å². The van der Waals surface area contributed by atoms with Crippen LogP contribution in [0.5, 0.6) is 0 Å². The molecular weight excluding hydrogens is 233 g/mol. The molecule has 0 rings (SSSR count). The second-order valence-corrected chi connectivity index (χ2v) is 6.02. The average molecular weight is 247 g/mol. The number of hydrogen-bond acceptors (Lipinski definition) is 3. The zero-order valence-electron chi connectivity index (χ0n) is 8.47. The van der Waals surface area contributed by atoms with Crippen LogP contribution in [0.25, 0.3) is 0 Å². The first-order valence-electron chi connectivity index (χ1n) is 4.44. The fourth-order valence-electron chi connectivity index (χ4n) is 0.810. The quantitative estimate of drug-likeness (QED) is 0.737. The number of nitrogens with zero attached hydrogens (tertiary/aromatic N) is 1. The van der Waals surface area contributed by atoms with Gasteiger partial charge in [0.1, 0.15) is 0 Å². The van der Waals surface area contributed by atoms with E-state index in [0.717, 1.165) is 12.8 Å². The van der Waals surface area contributed by atoms with Crippen LogP contribution in [0, 0.1) is 17.2 Å². The molecule has 0 heterocycles. The smallest absolute Gasteiger partial charge is 0.263 e. The number of rotatable bonds is 4. The minimum Gasteiger partial charge on any atom is -0.285 e. The Kier molecular flexibility index (Phi) is 12.6. The van der Waals surface area contributed by atoms with Crippen molar-refractivity contribution in [1.29, 1.82) is 5.26 Å². The summed E-state index contributed by atoms with van der Waals surface area (Å²) in [6.07, 6.45) is 3.41. The summed E-state index contributed by atoms with van der Waals surface area (Å²) < 4.78 is 25.3. The van der Waals surface area contributed by atoms with Crippen LogP contribution >= 0.6 is 0 Å². The van der Waals surface area contributed by atoms with Gasteiger partial charge in [-0.1, -0.05) is 0 Å². The molecule has 0 saturated heterocycles. The fourth-order valence-corrected chi connectivity index (χ4v) is 1.22. The standard InChI is InChI=1S/C7H12N.Na.H2O3S2/c1-3-5-7(4-2)6-8;;1-5(2,3)4/h7H,1,3-5H2,2H3;;(H2,1,2,3,4). The summed E-state index contributed by atoms with van der Waals surface area (Å²) in [7, 11) is -3.83. The summed E-state index contributed by atoms with van der Waals surface area (Å²) in [5.41, 5.74) is 0. The van der Waals surface area contributed by atoms with Crippen molar-refractivity contribution in [1.82, 2.24) is 0 Å². The fraction of sp³-hybridized carbons (Fsp3) is 0.857. The zero-order valence-corrected chi connectivity index (χ0v) is 12.1. The topological polar surface area (TPSA) is 81.3 Å². The van der Waals surface area contributed by atoms with E-state index in [0.29, 0.717) is 5.92 Å². The average Bonchev–Trinajstić information content (AvgIpc) is 2.04. The maximum atomic E-state index is 9.11. The molecule has 0 saturated carbocycles. The van der Waals surface area contributed by atoms with Gasteiger partial charge in [-0.3, -0.25) is 9.11 Å². The largest absolute Gasteiger partial charge is 0.285 e. The van der Waals surface area contributed by atoms with Crippen molar-refractivity contribution in [3.63, 3.8) is 0 Å². The van der Waals surface area contributed by atoms with E-state index in [1.54, 1.807) is 0 Å². The molecule has 0 aliphatic rings. The van der Waals surface area contributed by atoms with Gasteiger partial charge in [-0.2, -0.15) is 4.21 Å². The van der Waals surface area contributed by atoms with Gasteiger partial charge in [0.05, 0.1) is 0 Å². The molecule has 0 bridgehead atoms.